The van der Waals surface area contributed by atoms with E-state index in [-0.39, 0.29) is 0 Å². The first-order valence-electron chi connectivity index (χ1n) is 5.98. The lowest BCUT2D eigenvalue weighted by Gasteiger charge is -2.29. The lowest BCUT2D eigenvalue weighted by molar-refractivity contribution is -0.116. The van der Waals surface area contributed by atoms with Gasteiger partial charge >= 0.3 is 0 Å². The minimum atomic E-state index is 0.439. The average Bonchev–Trinajstić information content (AvgIpc) is 2.56. The van der Waals surface area contributed by atoms with Crippen LogP contribution in [0.1, 0.15) is 39.0 Å². The summed E-state index contributed by atoms with van der Waals surface area (Å²) in [4.78, 5) is 13.5. The van der Waals surface area contributed by atoms with Crippen LogP contribution in [0.15, 0.2) is 0 Å². The Morgan fingerprint density at radius 3 is 2.57 bits per heavy atom. The molecule has 1 saturated carbocycles. The molecule has 1 aliphatic heterocycles. The first-order valence-corrected chi connectivity index (χ1v) is 5.98. The van der Waals surface area contributed by atoms with Crippen LogP contribution in [-0.2, 0) is 4.79 Å². The standard InChI is InChI=1S/C12H21NO/c1-10-2-4-11(5-3-10)8-13-7-6-12(14)9-13/h10-11H,2-9H2,1H3. The minimum Gasteiger partial charge on any atom is -0.298 e. The summed E-state index contributed by atoms with van der Waals surface area (Å²) in [7, 11) is 0. The molecule has 0 N–H and O–H groups in total. The van der Waals surface area contributed by atoms with Gasteiger partial charge in [0.05, 0.1) is 6.54 Å². The highest BCUT2D eigenvalue weighted by atomic mass is 16.1. The van der Waals surface area contributed by atoms with E-state index < -0.39 is 0 Å². The number of Topliss-reactive ketones (excluding diaryl/α,β-unsaturated/α-hetero) is 1. The molecule has 2 fully saturated rings. The fourth-order valence-corrected chi connectivity index (χ4v) is 2.72. The molecular weight excluding hydrogens is 174 g/mol. The zero-order valence-corrected chi connectivity index (χ0v) is 9.17. The highest BCUT2D eigenvalue weighted by molar-refractivity contribution is 5.82. The number of ketones is 1. The van der Waals surface area contributed by atoms with Gasteiger partial charge < -0.3 is 0 Å². The Morgan fingerprint density at radius 2 is 2.00 bits per heavy atom. The first kappa shape index (κ1) is 10.2. The second-order valence-corrected chi connectivity index (χ2v) is 5.15. The molecule has 0 aromatic carbocycles. The van der Waals surface area contributed by atoms with Crippen LogP contribution in [0, 0.1) is 11.8 Å². The van der Waals surface area contributed by atoms with Crippen molar-refractivity contribution in [3.8, 4) is 0 Å². The van der Waals surface area contributed by atoms with Crippen molar-refractivity contribution in [2.75, 3.05) is 19.6 Å². The Morgan fingerprint density at radius 1 is 1.29 bits per heavy atom. The SMILES string of the molecule is CC1CCC(CN2CCC(=O)C2)CC1. The number of carbonyl (C=O) groups excluding carboxylic acids is 1. The van der Waals surface area contributed by atoms with E-state index in [4.69, 9.17) is 0 Å². The zero-order valence-electron chi connectivity index (χ0n) is 9.17. The second-order valence-electron chi connectivity index (χ2n) is 5.15. The summed E-state index contributed by atoms with van der Waals surface area (Å²) in [6.07, 6.45) is 6.35. The molecule has 2 heteroatoms. The number of nitrogens with zero attached hydrogens (tertiary/aromatic N) is 1. The van der Waals surface area contributed by atoms with Crippen LogP contribution in [0.4, 0.5) is 0 Å². The number of hydrogen-bond donors (Lipinski definition) is 0. The van der Waals surface area contributed by atoms with Gasteiger partial charge in [-0.25, -0.2) is 0 Å². The van der Waals surface area contributed by atoms with Crippen LogP contribution >= 0.6 is 0 Å². The van der Waals surface area contributed by atoms with Gasteiger partial charge in [-0.15, -0.1) is 0 Å². The molecule has 2 nitrogen and oxygen atoms in total. The summed E-state index contributed by atoms with van der Waals surface area (Å²) in [5.41, 5.74) is 0. The van der Waals surface area contributed by atoms with Gasteiger partial charge in [-0.1, -0.05) is 19.8 Å². The normalized spacial score (nSPS) is 35.1. The molecule has 0 unspecified atom stereocenters. The molecule has 0 radical (unpaired) electrons. The van der Waals surface area contributed by atoms with E-state index >= 15 is 0 Å². The van der Waals surface area contributed by atoms with Crippen molar-refractivity contribution >= 4 is 5.78 Å². The molecule has 1 aliphatic carbocycles. The van der Waals surface area contributed by atoms with Gasteiger partial charge in [-0.2, -0.15) is 0 Å². The van der Waals surface area contributed by atoms with E-state index in [1.54, 1.807) is 0 Å². The largest absolute Gasteiger partial charge is 0.298 e. The molecule has 1 heterocycles. The number of rotatable bonds is 2. The van der Waals surface area contributed by atoms with Crippen molar-refractivity contribution in [1.82, 2.24) is 4.90 Å². The third kappa shape index (κ3) is 2.57. The molecule has 0 atom stereocenters. The molecule has 14 heavy (non-hydrogen) atoms. The summed E-state index contributed by atoms with van der Waals surface area (Å²) < 4.78 is 0. The van der Waals surface area contributed by atoms with E-state index in [1.807, 2.05) is 0 Å². The lowest BCUT2D eigenvalue weighted by atomic mass is 9.83. The van der Waals surface area contributed by atoms with Crippen molar-refractivity contribution in [2.24, 2.45) is 11.8 Å². The Hall–Kier alpha value is -0.370. The molecule has 1 saturated heterocycles. The van der Waals surface area contributed by atoms with Gasteiger partial charge in [0.2, 0.25) is 0 Å². The van der Waals surface area contributed by atoms with E-state index in [0.29, 0.717) is 5.78 Å². The summed E-state index contributed by atoms with van der Waals surface area (Å²) in [6, 6.07) is 0. The molecule has 0 amide bonds. The van der Waals surface area contributed by atoms with Crippen molar-refractivity contribution in [3.63, 3.8) is 0 Å². The maximum Gasteiger partial charge on any atom is 0.148 e. The van der Waals surface area contributed by atoms with Crippen molar-refractivity contribution in [1.29, 1.82) is 0 Å². The Labute approximate surface area is 86.7 Å². The van der Waals surface area contributed by atoms with Gasteiger partial charge in [0, 0.05) is 19.5 Å². The van der Waals surface area contributed by atoms with Crippen LogP contribution in [0.3, 0.4) is 0 Å². The highest BCUT2D eigenvalue weighted by Gasteiger charge is 2.24. The molecule has 2 aliphatic rings. The summed E-state index contributed by atoms with van der Waals surface area (Å²) in [5, 5.41) is 0. The summed E-state index contributed by atoms with van der Waals surface area (Å²) >= 11 is 0. The van der Waals surface area contributed by atoms with E-state index in [9.17, 15) is 4.79 Å². The van der Waals surface area contributed by atoms with Crippen LogP contribution in [0.5, 0.6) is 0 Å². The molecule has 0 spiro atoms. The predicted octanol–water partition coefficient (Wildman–Crippen LogP) is 2.09. The van der Waals surface area contributed by atoms with Crippen molar-refractivity contribution < 1.29 is 4.79 Å². The minimum absolute atomic E-state index is 0.439. The zero-order chi connectivity index (χ0) is 9.97. The van der Waals surface area contributed by atoms with Gasteiger partial charge in [-0.3, -0.25) is 9.69 Å². The molecule has 0 aromatic heterocycles. The Kier molecular flexibility index (Phi) is 3.22. The molecule has 0 bridgehead atoms. The van der Waals surface area contributed by atoms with E-state index in [1.165, 1.54) is 32.2 Å². The Bertz CT molecular complexity index is 206. The van der Waals surface area contributed by atoms with Crippen LogP contribution < -0.4 is 0 Å². The average molecular weight is 195 g/mol. The second kappa shape index (κ2) is 4.43. The topological polar surface area (TPSA) is 20.3 Å². The Balaban J connectivity index is 1.72. The van der Waals surface area contributed by atoms with Gasteiger partial charge in [0.1, 0.15) is 5.78 Å². The monoisotopic (exact) mass is 195 g/mol. The van der Waals surface area contributed by atoms with Crippen molar-refractivity contribution in [2.45, 2.75) is 39.0 Å². The number of likely N-dealkylation sites (tertiary alicyclic amines) is 1. The number of carbonyl (C=O) groups is 1. The van der Waals surface area contributed by atoms with Crippen LogP contribution in [-0.4, -0.2) is 30.3 Å². The van der Waals surface area contributed by atoms with Gasteiger partial charge in [0.25, 0.3) is 0 Å². The third-order valence-electron chi connectivity index (χ3n) is 3.76. The molecule has 0 aromatic rings. The molecule has 2 rings (SSSR count). The highest BCUT2D eigenvalue weighted by Crippen LogP contribution is 2.29. The maximum absolute atomic E-state index is 11.1. The quantitative estimate of drug-likeness (QED) is 0.672. The van der Waals surface area contributed by atoms with Crippen LogP contribution in [0.25, 0.3) is 0 Å². The van der Waals surface area contributed by atoms with E-state index in [2.05, 4.69) is 11.8 Å². The molecular formula is C12H21NO. The predicted molar refractivity (Wildman–Crippen MR) is 57.2 cm³/mol. The molecule has 80 valence electrons. The lowest BCUT2D eigenvalue weighted by Crippen LogP contribution is -2.29. The van der Waals surface area contributed by atoms with E-state index in [0.717, 1.165) is 31.3 Å². The summed E-state index contributed by atoms with van der Waals surface area (Å²) in [5.74, 6) is 2.25. The van der Waals surface area contributed by atoms with Gasteiger partial charge in [0.15, 0.2) is 0 Å². The maximum atomic E-state index is 11.1. The van der Waals surface area contributed by atoms with Crippen molar-refractivity contribution in [3.05, 3.63) is 0 Å². The smallest absolute Gasteiger partial charge is 0.148 e. The summed E-state index contributed by atoms with van der Waals surface area (Å²) in [6.45, 7) is 5.28. The fraction of sp³-hybridized carbons (Fsp3) is 0.917. The first-order chi connectivity index (χ1) is 6.74. The fourth-order valence-electron chi connectivity index (χ4n) is 2.72. The van der Waals surface area contributed by atoms with Gasteiger partial charge in [-0.05, 0) is 24.7 Å². The third-order valence-corrected chi connectivity index (χ3v) is 3.76. The number of hydrogen-bond acceptors (Lipinski definition) is 2. The van der Waals surface area contributed by atoms with Crippen LogP contribution in [0.2, 0.25) is 0 Å².